The van der Waals surface area contributed by atoms with E-state index in [1.807, 2.05) is 5.38 Å². The molecule has 2 heterocycles. The maximum absolute atomic E-state index is 13.7. The molecule has 0 fully saturated rings. The van der Waals surface area contributed by atoms with Crippen molar-refractivity contribution in [3.63, 3.8) is 0 Å². The van der Waals surface area contributed by atoms with Crippen LogP contribution in [0.4, 0.5) is 25.8 Å². The Morgan fingerprint density at radius 3 is 2.50 bits per heavy atom. The molecular weight excluding hydrogens is 523 g/mol. The molecule has 0 radical (unpaired) electrons. The molecule has 0 amide bonds. The van der Waals surface area contributed by atoms with E-state index in [0.29, 0.717) is 33.0 Å². The summed E-state index contributed by atoms with van der Waals surface area (Å²) in [5.41, 5.74) is 3.14. The first kappa shape index (κ1) is 23.9. The number of hydrogen-bond acceptors (Lipinski definition) is 6. The van der Waals surface area contributed by atoms with Crippen molar-refractivity contribution < 1.29 is 8.78 Å². The zero-order valence-electron chi connectivity index (χ0n) is 18.3. The Kier molecular flexibility index (Phi) is 6.70. The van der Waals surface area contributed by atoms with Crippen LogP contribution in [0.25, 0.3) is 10.9 Å². The summed E-state index contributed by atoms with van der Waals surface area (Å²) in [6.07, 6.45) is 3.15. The summed E-state index contributed by atoms with van der Waals surface area (Å²) in [5, 5.41) is 19.9. The van der Waals surface area contributed by atoms with Crippen LogP contribution in [0, 0.1) is 23.0 Å². The van der Waals surface area contributed by atoms with Gasteiger partial charge in [0, 0.05) is 33.9 Å². The first-order chi connectivity index (χ1) is 17.4. The van der Waals surface area contributed by atoms with Crippen LogP contribution >= 0.6 is 34.5 Å². The van der Waals surface area contributed by atoms with Crippen molar-refractivity contribution >= 4 is 62.5 Å². The van der Waals surface area contributed by atoms with E-state index in [1.165, 1.54) is 47.9 Å². The summed E-state index contributed by atoms with van der Waals surface area (Å²) in [5.74, 6) is -0.891. The van der Waals surface area contributed by atoms with Crippen molar-refractivity contribution in [2.24, 2.45) is 0 Å². The number of aromatic nitrogens is 2. The van der Waals surface area contributed by atoms with Gasteiger partial charge >= 0.3 is 0 Å². The van der Waals surface area contributed by atoms with Crippen molar-refractivity contribution in [1.29, 1.82) is 5.26 Å². The first-order valence-electron chi connectivity index (χ1n) is 10.6. The van der Waals surface area contributed by atoms with Crippen LogP contribution in [0.15, 0.2) is 72.4 Å². The second-order valence-electron chi connectivity index (χ2n) is 7.76. The molecule has 5 nitrogen and oxygen atoms in total. The van der Waals surface area contributed by atoms with Crippen LogP contribution in [0.2, 0.25) is 10.0 Å². The lowest BCUT2D eigenvalue weighted by molar-refractivity contribution is 0.626. The summed E-state index contributed by atoms with van der Waals surface area (Å²) in [6, 6.07) is 15.5. The van der Waals surface area contributed by atoms with Gasteiger partial charge in [0.05, 0.1) is 27.5 Å². The highest BCUT2D eigenvalue weighted by Gasteiger charge is 2.20. The monoisotopic (exact) mass is 537 g/mol. The summed E-state index contributed by atoms with van der Waals surface area (Å²) in [7, 11) is 0. The van der Waals surface area contributed by atoms with Gasteiger partial charge in [-0.2, -0.15) is 5.26 Å². The highest BCUT2D eigenvalue weighted by molar-refractivity contribution is 7.09. The molecule has 178 valence electrons. The first-order valence-corrected chi connectivity index (χ1v) is 12.2. The van der Waals surface area contributed by atoms with Crippen LogP contribution in [-0.4, -0.2) is 9.97 Å². The number of rotatable bonds is 6. The van der Waals surface area contributed by atoms with Crippen LogP contribution in [-0.2, 0) is 0 Å². The molecule has 36 heavy (non-hydrogen) atoms. The number of anilines is 3. The Morgan fingerprint density at radius 1 is 1.00 bits per heavy atom. The maximum Gasteiger partial charge on any atom is 0.141 e. The fourth-order valence-corrected chi connectivity index (χ4v) is 4.90. The number of fused-ring (bicyclic) bond motifs is 1. The summed E-state index contributed by atoms with van der Waals surface area (Å²) in [4.78, 5) is 8.96. The van der Waals surface area contributed by atoms with Gasteiger partial charge in [0.25, 0.3) is 0 Å². The molecule has 0 aliphatic heterocycles. The summed E-state index contributed by atoms with van der Waals surface area (Å²) >= 11 is 13.9. The van der Waals surface area contributed by atoms with Gasteiger partial charge in [0.2, 0.25) is 0 Å². The summed E-state index contributed by atoms with van der Waals surface area (Å²) < 4.78 is 27.3. The van der Waals surface area contributed by atoms with Gasteiger partial charge in [-0.05, 0) is 48.0 Å². The Labute approximate surface area is 219 Å². The minimum absolute atomic E-state index is 0.0529. The number of thiazole rings is 1. The highest BCUT2D eigenvalue weighted by atomic mass is 35.5. The van der Waals surface area contributed by atoms with Gasteiger partial charge in [-0.1, -0.05) is 35.3 Å². The third kappa shape index (κ3) is 4.82. The Balaban J connectivity index is 1.63. The smallest absolute Gasteiger partial charge is 0.141 e. The lowest BCUT2D eigenvalue weighted by Crippen LogP contribution is -2.13. The third-order valence-corrected chi connectivity index (χ3v) is 6.80. The molecule has 1 unspecified atom stereocenters. The molecule has 10 heteroatoms. The molecule has 3 aromatic carbocycles. The minimum Gasteiger partial charge on any atom is -0.370 e. The van der Waals surface area contributed by atoms with Crippen molar-refractivity contribution in [1.82, 2.24) is 9.97 Å². The summed E-state index contributed by atoms with van der Waals surface area (Å²) in [6.45, 7) is 0. The van der Waals surface area contributed by atoms with Crippen molar-refractivity contribution in [3.05, 3.63) is 110 Å². The average Bonchev–Trinajstić information content (AvgIpc) is 3.40. The molecule has 0 aliphatic rings. The fourth-order valence-electron chi connectivity index (χ4n) is 3.79. The van der Waals surface area contributed by atoms with Crippen molar-refractivity contribution in [2.75, 3.05) is 10.6 Å². The van der Waals surface area contributed by atoms with Crippen LogP contribution in [0.3, 0.4) is 0 Å². The third-order valence-electron chi connectivity index (χ3n) is 5.45. The second kappa shape index (κ2) is 10.1. The van der Waals surface area contributed by atoms with E-state index < -0.39 is 11.9 Å². The highest BCUT2D eigenvalue weighted by Crippen LogP contribution is 2.38. The van der Waals surface area contributed by atoms with Gasteiger partial charge in [0.15, 0.2) is 0 Å². The van der Waals surface area contributed by atoms with Gasteiger partial charge in [0.1, 0.15) is 28.8 Å². The van der Waals surface area contributed by atoms with Crippen LogP contribution < -0.4 is 10.6 Å². The zero-order valence-corrected chi connectivity index (χ0v) is 20.6. The standard InChI is InChI=1S/C26H15Cl2F2N5S/c27-16-9-19-23(34-18-5-6-21(30)20(28)11-18)15(12-31)13-33-25(19)22(10-16)35-24(26-32-7-8-36-26)14-1-3-17(29)4-2-14/h1-11,13,24,35H,(H,33,34). The number of pyridine rings is 1. The van der Waals surface area contributed by atoms with Gasteiger partial charge in [-0.15, -0.1) is 11.3 Å². The Morgan fingerprint density at radius 2 is 1.81 bits per heavy atom. The molecule has 0 saturated carbocycles. The molecule has 0 aliphatic carbocycles. The lowest BCUT2D eigenvalue weighted by Gasteiger charge is -2.21. The van der Waals surface area contributed by atoms with E-state index >= 15 is 0 Å². The zero-order chi connectivity index (χ0) is 25.2. The number of hydrogen-bond donors (Lipinski definition) is 2. The van der Waals surface area contributed by atoms with Crippen molar-refractivity contribution in [3.8, 4) is 6.07 Å². The SMILES string of the molecule is N#Cc1cnc2c(NC(c3ccc(F)cc3)c3nccs3)cc(Cl)cc2c1Nc1ccc(F)c(Cl)c1. The number of benzene rings is 3. The largest absolute Gasteiger partial charge is 0.370 e. The molecule has 0 bridgehead atoms. The normalized spacial score (nSPS) is 11.8. The van der Waals surface area contributed by atoms with E-state index in [9.17, 15) is 14.0 Å². The molecule has 5 aromatic rings. The van der Waals surface area contributed by atoms with E-state index in [1.54, 1.807) is 30.5 Å². The molecule has 5 rings (SSSR count). The van der Waals surface area contributed by atoms with Gasteiger partial charge in [-0.3, -0.25) is 4.98 Å². The van der Waals surface area contributed by atoms with E-state index in [2.05, 4.69) is 26.7 Å². The van der Waals surface area contributed by atoms with Crippen molar-refractivity contribution in [2.45, 2.75) is 6.04 Å². The Hall–Kier alpha value is -3.77. The minimum atomic E-state index is -0.550. The fraction of sp³-hybridized carbons (Fsp3) is 0.0385. The van der Waals surface area contributed by atoms with E-state index in [-0.39, 0.29) is 16.4 Å². The molecule has 1 atom stereocenters. The number of nitrogens with zero attached hydrogens (tertiary/aromatic N) is 3. The predicted octanol–water partition coefficient (Wildman–Crippen LogP) is 8.09. The number of nitriles is 1. The quantitative estimate of drug-likeness (QED) is 0.229. The second-order valence-corrected chi connectivity index (χ2v) is 9.53. The van der Waals surface area contributed by atoms with Gasteiger partial charge in [-0.25, -0.2) is 13.8 Å². The topological polar surface area (TPSA) is 73.6 Å². The van der Waals surface area contributed by atoms with Crippen LogP contribution in [0.5, 0.6) is 0 Å². The average molecular weight is 538 g/mol. The Bertz CT molecular complexity index is 1600. The predicted molar refractivity (Wildman–Crippen MR) is 140 cm³/mol. The molecule has 0 saturated heterocycles. The molecule has 0 spiro atoms. The van der Waals surface area contributed by atoms with E-state index in [0.717, 1.165) is 10.6 Å². The lowest BCUT2D eigenvalue weighted by atomic mass is 10.0. The van der Waals surface area contributed by atoms with Crippen LogP contribution in [0.1, 0.15) is 22.2 Å². The number of halogens is 4. The van der Waals surface area contributed by atoms with E-state index in [4.69, 9.17) is 23.2 Å². The molecular formula is C26H15Cl2F2N5S. The number of nitrogens with one attached hydrogen (secondary N) is 2. The molecule has 2 aromatic heterocycles. The maximum atomic E-state index is 13.7. The van der Waals surface area contributed by atoms with Gasteiger partial charge < -0.3 is 10.6 Å². The molecule has 2 N–H and O–H groups in total.